The predicted molar refractivity (Wildman–Crippen MR) is 79.9 cm³/mol. The zero-order valence-electron chi connectivity index (χ0n) is 12.5. The summed E-state index contributed by atoms with van der Waals surface area (Å²) in [6, 6.07) is 5.84. The van der Waals surface area contributed by atoms with E-state index in [1.807, 2.05) is 25.1 Å². The third-order valence-corrected chi connectivity index (χ3v) is 3.51. The van der Waals surface area contributed by atoms with Crippen molar-refractivity contribution in [2.24, 2.45) is 11.7 Å². The fourth-order valence-corrected chi connectivity index (χ4v) is 2.19. The van der Waals surface area contributed by atoms with Crippen LogP contribution in [-0.4, -0.2) is 17.6 Å². The Balaban J connectivity index is 2.55. The van der Waals surface area contributed by atoms with Gasteiger partial charge in [-0.15, -0.1) is 0 Å². The van der Waals surface area contributed by atoms with Crippen molar-refractivity contribution in [3.63, 3.8) is 0 Å². The van der Waals surface area contributed by atoms with Crippen LogP contribution in [0, 0.1) is 5.92 Å². The summed E-state index contributed by atoms with van der Waals surface area (Å²) in [5.74, 6) is 0.630. The van der Waals surface area contributed by atoms with Gasteiger partial charge in [-0.2, -0.15) is 0 Å². The van der Waals surface area contributed by atoms with Crippen LogP contribution in [-0.2, 0) is 4.74 Å². The first kappa shape index (κ1) is 16.1. The largest absolute Gasteiger partial charge is 0.370 e. The molecule has 3 heteroatoms. The van der Waals surface area contributed by atoms with E-state index in [1.165, 1.54) is 19.3 Å². The molecule has 0 aliphatic heterocycles. The Morgan fingerprint density at radius 2 is 2.11 bits per heavy atom. The fourth-order valence-electron chi connectivity index (χ4n) is 2.19. The smallest absolute Gasteiger partial charge is 0.114 e. The maximum atomic E-state index is 6.05. The van der Waals surface area contributed by atoms with E-state index in [9.17, 15) is 0 Å². The molecule has 1 rings (SSSR count). The van der Waals surface area contributed by atoms with Crippen LogP contribution in [0.25, 0.3) is 0 Å². The van der Waals surface area contributed by atoms with Gasteiger partial charge in [0.2, 0.25) is 0 Å². The van der Waals surface area contributed by atoms with Crippen molar-refractivity contribution in [3.8, 4) is 0 Å². The van der Waals surface area contributed by atoms with Crippen LogP contribution in [0.3, 0.4) is 0 Å². The van der Waals surface area contributed by atoms with Crippen LogP contribution >= 0.6 is 0 Å². The molecule has 0 spiro atoms. The molecular weight excluding hydrogens is 236 g/mol. The van der Waals surface area contributed by atoms with E-state index in [2.05, 4.69) is 18.8 Å². The highest BCUT2D eigenvalue weighted by Crippen LogP contribution is 2.21. The second-order valence-electron chi connectivity index (χ2n) is 5.28. The number of rotatable bonds is 9. The van der Waals surface area contributed by atoms with Gasteiger partial charge in [-0.1, -0.05) is 39.2 Å². The van der Waals surface area contributed by atoms with Crippen LogP contribution in [0.5, 0.6) is 0 Å². The first-order valence-electron chi connectivity index (χ1n) is 7.47. The quantitative estimate of drug-likeness (QED) is 0.739. The molecule has 1 aromatic rings. The standard InChI is InChI=1S/C16H28N2O/c1-4-6-9-14(5-2)12-19-16(13(3)17)15-10-7-8-11-18-15/h7-8,10-11,13-14,16H,4-6,9,12,17H2,1-3H3. The number of ether oxygens (including phenoxy) is 1. The molecule has 1 heterocycles. The Hall–Kier alpha value is -0.930. The molecule has 0 aliphatic rings. The fraction of sp³-hybridized carbons (Fsp3) is 0.688. The second kappa shape index (κ2) is 9.05. The Kier molecular flexibility index (Phi) is 7.68. The molecule has 0 saturated carbocycles. The highest BCUT2D eigenvalue weighted by molar-refractivity contribution is 5.08. The lowest BCUT2D eigenvalue weighted by atomic mass is 10.00. The van der Waals surface area contributed by atoms with E-state index in [4.69, 9.17) is 10.5 Å². The van der Waals surface area contributed by atoms with Gasteiger partial charge >= 0.3 is 0 Å². The minimum Gasteiger partial charge on any atom is -0.370 e. The number of aromatic nitrogens is 1. The van der Waals surface area contributed by atoms with E-state index in [0.717, 1.165) is 18.7 Å². The van der Waals surface area contributed by atoms with Crippen molar-refractivity contribution in [3.05, 3.63) is 30.1 Å². The van der Waals surface area contributed by atoms with Crippen molar-refractivity contribution in [2.75, 3.05) is 6.61 Å². The van der Waals surface area contributed by atoms with Gasteiger partial charge in [-0.3, -0.25) is 4.98 Å². The third-order valence-electron chi connectivity index (χ3n) is 3.51. The van der Waals surface area contributed by atoms with E-state index in [1.54, 1.807) is 6.20 Å². The van der Waals surface area contributed by atoms with E-state index < -0.39 is 0 Å². The number of pyridine rings is 1. The molecule has 3 unspecified atom stereocenters. The lowest BCUT2D eigenvalue weighted by Gasteiger charge is -2.24. The SMILES string of the molecule is CCCCC(CC)COC(c1ccccn1)C(C)N. The van der Waals surface area contributed by atoms with Crippen molar-refractivity contribution in [1.29, 1.82) is 0 Å². The number of nitrogens with two attached hydrogens (primary N) is 1. The number of hydrogen-bond donors (Lipinski definition) is 1. The first-order valence-corrected chi connectivity index (χ1v) is 7.47. The Morgan fingerprint density at radius 1 is 1.32 bits per heavy atom. The molecule has 0 aromatic carbocycles. The van der Waals surface area contributed by atoms with Crippen molar-refractivity contribution in [1.82, 2.24) is 4.98 Å². The molecule has 0 bridgehead atoms. The monoisotopic (exact) mass is 264 g/mol. The normalized spacial score (nSPS) is 16.0. The maximum Gasteiger partial charge on any atom is 0.114 e. The lowest BCUT2D eigenvalue weighted by Crippen LogP contribution is -2.29. The van der Waals surface area contributed by atoms with Gasteiger partial charge in [0.05, 0.1) is 12.3 Å². The molecule has 3 nitrogen and oxygen atoms in total. The van der Waals surface area contributed by atoms with Crippen molar-refractivity contribution < 1.29 is 4.74 Å². The summed E-state index contributed by atoms with van der Waals surface area (Å²) in [6.07, 6.45) is 6.61. The molecule has 0 amide bonds. The van der Waals surface area contributed by atoms with Gasteiger partial charge in [0, 0.05) is 12.2 Å². The molecule has 2 N–H and O–H groups in total. The van der Waals surface area contributed by atoms with Crippen LogP contribution in [0.1, 0.15) is 58.3 Å². The van der Waals surface area contributed by atoms with E-state index >= 15 is 0 Å². The minimum atomic E-state index is -0.100. The summed E-state index contributed by atoms with van der Waals surface area (Å²) in [5, 5.41) is 0. The summed E-state index contributed by atoms with van der Waals surface area (Å²) in [5.41, 5.74) is 6.96. The molecule has 108 valence electrons. The minimum absolute atomic E-state index is 0.0430. The lowest BCUT2D eigenvalue weighted by molar-refractivity contribution is 0.0103. The topological polar surface area (TPSA) is 48.1 Å². The Bertz CT molecular complexity index is 327. The highest BCUT2D eigenvalue weighted by Gasteiger charge is 2.19. The van der Waals surface area contributed by atoms with Crippen LogP contribution < -0.4 is 5.73 Å². The summed E-state index contributed by atoms with van der Waals surface area (Å²) >= 11 is 0. The first-order chi connectivity index (χ1) is 9.19. The van der Waals surface area contributed by atoms with Crippen LogP contribution in [0.2, 0.25) is 0 Å². The van der Waals surface area contributed by atoms with Gasteiger partial charge in [0.1, 0.15) is 6.10 Å². The van der Waals surface area contributed by atoms with Crippen molar-refractivity contribution >= 4 is 0 Å². The van der Waals surface area contributed by atoms with Crippen LogP contribution in [0.4, 0.5) is 0 Å². The number of unbranched alkanes of at least 4 members (excludes halogenated alkanes) is 1. The zero-order chi connectivity index (χ0) is 14.1. The summed E-state index contributed by atoms with van der Waals surface area (Å²) < 4.78 is 6.05. The van der Waals surface area contributed by atoms with Gasteiger partial charge in [0.15, 0.2) is 0 Å². The maximum absolute atomic E-state index is 6.05. The van der Waals surface area contributed by atoms with Gasteiger partial charge < -0.3 is 10.5 Å². The number of hydrogen-bond acceptors (Lipinski definition) is 3. The van der Waals surface area contributed by atoms with Gasteiger partial charge in [-0.05, 0) is 31.4 Å². The average molecular weight is 264 g/mol. The highest BCUT2D eigenvalue weighted by atomic mass is 16.5. The van der Waals surface area contributed by atoms with Gasteiger partial charge in [0.25, 0.3) is 0 Å². The van der Waals surface area contributed by atoms with Gasteiger partial charge in [-0.25, -0.2) is 0 Å². The predicted octanol–water partition coefficient (Wildman–Crippen LogP) is 3.70. The van der Waals surface area contributed by atoms with Crippen LogP contribution in [0.15, 0.2) is 24.4 Å². The molecule has 19 heavy (non-hydrogen) atoms. The van der Waals surface area contributed by atoms with E-state index in [0.29, 0.717) is 5.92 Å². The molecule has 0 aliphatic carbocycles. The zero-order valence-corrected chi connectivity index (χ0v) is 12.5. The van der Waals surface area contributed by atoms with E-state index in [-0.39, 0.29) is 12.1 Å². The molecule has 1 aromatic heterocycles. The molecule has 0 saturated heterocycles. The van der Waals surface area contributed by atoms with Crippen molar-refractivity contribution in [2.45, 2.75) is 58.6 Å². The molecule has 3 atom stereocenters. The summed E-state index contributed by atoms with van der Waals surface area (Å²) in [6.45, 7) is 7.21. The summed E-state index contributed by atoms with van der Waals surface area (Å²) in [7, 11) is 0. The molecular formula is C16H28N2O. The summed E-state index contributed by atoms with van der Waals surface area (Å²) in [4.78, 5) is 4.36. The molecule has 0 radical (unpaired) electrons. The number of nitrogens with zero attached hydrogens (tertiary/aromatic N) is 1. The Morgan fingerprint density at radius 3 is 2.63 bits per heavy atom. The second-order valence-corrected chi connectivity index (χ2v) is 5.28. The third kappa shape index (κ3) is 5.70. The Labute approximate surface area is 117 Å². The molecule has 0 fully saturated rings. The average Bonchev–Trinajstić information content (AvgIpc) is 2.43.